The maximum Gasteiger partial charge on any atom is 0.387 e. The second-order valence-electron chi connectivity index (χ2n) is 6.88. The molecule has 8 nitrogen and oxygen atoms in total. The molecule has 0 unspecified atom stereocenters. The Hall–Kier alpha value is -3.47. The van der Waals surface area contributed by atoms with Gasteiger partial charge in [-0.2, -0.15) is 8.78 Å². The molecule has 33 heavy (non-hydrogen) atoms. The zero-order valence-electron chi connectivity index (χ0n) is 17.7. The van der Waals surface area contributed by atoms with E-state index < -0.39 is 19.2 Å². The Kier molecular flexibility index (Phi) is 8.36. The summed E-state index contributed by atoms with van der Waals surface area (Å²) in [5.74, 6) is -1.19. The number of alkyl halides is 2. The Morgan fingerprint density at radius 3 is 2.45 bits per heavy atom. The number of thiophene rings is 1. The molecule has 1 saturated heterocycles. The molecule has 1 aromatic heterocycles. The second kappa shape index (κ2) is 11.4. The number of halogens is 2. The average Bonchev–Trinajstić information content (AvgIpc) is 3.36. The Morgan fingerprint density at radius 2 is 1.82 bits per heavy atom. The minimum Gasteiger partial charge on any atom is -0.493 e. The number of piperazine rings is 1. The van der Waals surface area contributed by atoms with E-state index in [9.17, 15) is 23.2 Å². The van der Waals surface area contributed by atoms with E-state index in [-0.39, 0.29) is 23.3 Å². The van der Waals surface area contributed by atoms with E-state index in [0.717, 1.165) is 6.08 Å². The molecule has 0 bridgehead atoms. The van der Waals surface area contributed by atoms with E-state index in [1.54, 1.807) is 15.9 Å². The number of amides is 2. The van der Waals surface area contributed by atoms with E-state index in [1.165, 1.54) is 42.7 Å². The quantitative estimate of drug-likeness (QED) is 0.427. The summed E-state index contributed by atoms with van der Waals surface area (Å²) in [5.41, 5.74) is 0.489. The highest BCUT2D eigenvalue weighted by Gasteiger charge is 2.25. The summed E-state index contributed by atoms with van der Waals surface area (Å²) in [6, 6.07) is 7.76. The van der Waals surface area contributed by atoms with Crippen LogP contribution in [0.2, 0.25) is 0 Å². The van der Waals surface area contributed by atoms with Gasteiger partial charge in [-0.3, -0.25) is 9.59 Å². The predicted molar refractivity (Wildman–Crippen MR) is 116 cm³/mol. The molecule has 176 valence electrons. The molecule has 2 heterocycles. The van der Waals surface area contributed by atoms with Gasteiger partial charge >= 0.3 is 12.6 Å². The van der Waals surface area contributed by atoms with E-state index >= 15 is 0 Å². The van der Waals surface area contributed by atoms with Gasteiger partial charge in [-0.05, 0) is 35.2 Å². The first-order valence-electron chi connectivity index (χ1n) is 9.95. The molecule has 0 spiro atoms. The predicted octanol–water partition coefficient (Wildman–Crippen LogP) is 2.90. The Bertz CT molecular complexity index is 1000. The number of benzene rings is 1. The van der Waals surface area contributed by atoms with Crippen molar-refractivity contribution in [1.29, 1.82) is 0 Å². The molecule has 0 radical (unpaired) electrons. The molecule has 1 aliphatic rings. The van der Waals surface area contributed by atoms with Crippen molar-refractivity contribution in [2.75, 3.05) is 39.9 Å². The summed E-state index contributed by atoms with van der Waals surface area (Å²) in [6.07, 6.45) is 2.52. The highest BCUT2D eigenvalue weighted by molar-refractivity contribution is 7.12. The van der Waals surface area contributed by atoms with Gasteiger partial charge in [-0.1, -0.05) is 12.1 Å². The smallest absolute Gasteiger partial charge is 0.387 e. The molecule has 3 rings (SSSR count). The Labute approximate surface area is 192 Å². The summed E-state index contributed by atoms with van der Waals surface area (Å²) >= 11 is 1.37. The third-order valence-electron chi connectivity index (χ3n) is 4.81. The van der Waals surface area contributed by atoms with Crippen molar-refractivity contribution in [2.45, 2.75) is 6.61 Å². The minimum absolute atomic E-state index is 0.0564. The van der Waals surface area contributed by atoms with Crippen molar-refractivity contribution >= 4 is 35.2 Å². The molecule has 2 aromatic rings. The fourth-order valence-electron chi connectivity index (χ4n) is 3.13. The maximum atomic E-state index is 12.4. The van der Waals surface area contributed by atoms with Gasteiger partial charge in [0.05, 0.1) is 12.0 Å². The minimum atomic E-state index is -2.99. The molecular weight excluding hydrogens is 458 g/mol. The third kappa shape index (κ3) is 6.75. The number of carbonyl (C=O) groups is 3. The summed E-state index contributed by atoms with van der Waals surface area (Å²) < 4.78 is 39.1. The van der Waals surface area contributed by atoms with Crippen molar-refractivity contribution in [3.8, 4) is 11.5 Å². The molecule has 1 aromatic carbocycles. The largest absolute Gasteiger partial charge is 0.493 e. The van der Waals surface area contributed by atoms with E-state index in [4.69, 9.17) is 9.47 Å². The third-order valence-corrected chi connectivity index (χ3v) is 5.66. The van der Waals surface area contributed by atoms with Crippen LogP contribution in [0.25, 0.3) is 6.08 Å². The molecule has 11 heteroatoms. The van der Waals surface area contributed by atoms with E-state index in [2.05, 4.69) is 4.74 Å². The highest BCUT2D eigenvalue weighted by Crippen LogP contribution is 2.29. The summed E-state index contributed by atoms with van der Waals surface area (Å²) in [7, 11) is 1.30. The molecule has 0 saturated carbocycles. The number of esters is 1. The van der Waals surface area contributed by atoms with Crippen LogP contribution >= 0.6 is 11.3 Å². The van der Waals surface area contributed by atoms with Gasteiger partial charge in [0, 0.05) is 32.3 Å². The summed E-state index contributed by atoms with van der Waals surface area (Å²) in [4.78, 5) is 40.5. The number of hydrogen-bond donors (Lipinski definition) is 0. The fraction of sp³-hybridized carbons (Fsp3) is 0.318. The molecule has 0 atom stereocenters. The van der Waals surface area contributed by atoms with Crippen LogP contribution in [0.1, 0.15) is 15.2 Å². The van der Waals surface area contributed by atoms with Crippen molar-refractivity contribution in [2.24, 2.45) is 0 Å². The molecule has 1 aliphatic heterocycles. The lowest BCUT2D eigenvalue weighted by Gasteiger charge is -2.34. The van der Waals surface area contributed by atoms with Gasteiger partial charge in [-0.15, -0.1) is 11.3 Å². The first-order chi connectivity index (χ1) is 15.9. The van der Waals surface area contributed by atoms with E-state index in [1.807, 2.05) is 11.4 Å². The molecular formula is C22H22F2N2O6S. The van der Waals surface area contributed by atoms with Crippen LogP contribution in [0.15, 0.2) is 41.8 Å². The lowest BCUT2D eigenvalue weighted by atomic mass is 10.2. The van der Waals surface area contributed by atoms with Crippen LogP contribution < -0.4 is 9.47 Å². The molecule has 1 fully saturated rings. The topological polar surface area (TPSA) is 85.4 Å². The van der Waals surface area contributed by atoms with Gasteiger partial charge in [0.1, 0.15) is 0 Å². The average molecular weight is 480 g/mol. The van der Waals surface area contributed by atoms with Crippen molar-refractivity contribution in [3.63, 3.8) is 0 Å². The number of rotatable bonds is 8. The standard InChI is InChI=1S/C22H22F2N2O6S/c1-30-17-13-15(4-6-16(17)32-22(23)24)5-7-20(28)31-14-19(27)25-8-10-26(11-9-25)21(29)18-3-2-12-33-18/h2-7,12-13,22H,8-11,14H2,1H3/b7-5+. The zero-order valence-corrected chi connectivity index (χ0v) is 18.6. The van der Waals surface area contributed by atoms with Gasteiger partial charge in [0.25, 0.3) is 11.8 Å². The van der Waals surface area contributed by atoms with Crippen LogP contribution in [0.5, 0.6) is 11.5 Å². The Morgan fingerprint density at radius 1 is 1.09 bits per heavy atom. The van der Waals surface area contributed by atoms with Gasteiger partial charge in [0.2, 0.25) is 0 Å². The monoisotopic (exact) mass is 480 g/mol. The number of methoxy groups -OCH3 is 1. The maximum absolute atomic E-state index is 12.4. The fourth-order valence-corrected chi connectivity index (χ4v) is 3.82. The molecule has 0 N–H and O–H groups in total. The van der Waals surface area contributed by atoms with Gasteiger partial charge in [0.15, 0.2) is 18.1 Å². The summed E-state index contributed by atoms with van der Waals surface area (Å²) in [5, 5.41) is 1.84. The van der Waals surface area contributed by atoms with Crippen molar-refractivity contribution in [1.82, 2.24) is 9.80 Å². The highest BCUT2D eigenvalue weighted by atomic mass is 32.1. The van der Waals surface area contributed by atoms with Crippen LogP contribution in [0.3, 0.4) is 0 Å². The molecule has 2 amide bonds. The first-order valence-corrected chi connectivity index (χ1v) is 10.8. The Balaban J connectivity index is 1.44. The van der Waals surface area contributed by atoms with Gasteiger partial charge in [-0.25, -0.2) is 4.79 Å². The van der Waals surface area contributed by atoms with Crippen LogP contribution in [-0.2, 0) is 14.3 Å². The lowest BCUT2D eigenvalue weighted by Crippen LogP contribution is -2.51. The van der Waals surface area contributed by atoms with Gasteiger partial charge < -0.3 is 24.0 Å². The number of ether oxygens (including phenoxy) is 3. The summed E-state index contributed by atoms with van der Waals surface area (Å²) in [6.45, 7) is -1.89. The number of hydrogen-bond acceptors (Lipinski definition) is 7. The van der Waals surface area contributed by atoms with Crippen molar-refractivity contribution < 1.29 is 37.4 Å². The van der Waals surface area contributed by atoms with Crippen LogP contribution in [-0.4, -0.2) is 74.1 Å². The van der Waals surface area contributed by atoms with E-state index in [0.29, 0.717) is 36.6 Å². The zero-order chi connectivity index (χ0) is 23.8. The van der Waals surface area contributed by atoms with Crippen LogP contribution in [0.4, 0.5) is 8.78 Å². The molecule has 0 aliphatic carbocycles. The van der Waals surface area contributed by atoms with Crippen LogP contribution in [0, 0.1) is 0 Å². The van der Waals surface area contributed by atoms with Crippen molar-refractivity contribution in [3.05, 3.63) is 52.2 Å². The first kappa shape index (κ1) is 24.2. The normalized spacial score (nSPS) is 13.9. The lowest BCUT2D eigenvalue weighted by molar-refractivity contribution is -0.148. The number of nitrogens with zero attached hydrogens (tertiary/aromatic N) is 2. The number of carbonyl (C=O) groups excluding carboxylic acids is 3. The second-order valence-corrected chi connectivity index (χ2v) is 7.83. The SMILES string of the molecule is COc1cc(/C=C/C(=O)OCC(=O)N2CCN(C(=O)c3cccs3)CC2)ccc1OC(F)F.